The standard InChI is InChI=1S/C13H18N2O5S/c1-9-12(13(16)14-7-8-15-21(2,17)18)20-11-6-4-3-5-10(11)19-9/h3-6,9,12,15H,7-8H2,1-2H3,(H,14,16). The number of para-hydroxylation sites is 2. The quantitative estimate of drug-likeness (QED) is 0.739. The van der Waals surface area contributed by atoms with Crippen LogP contribution in [0.3, 0.4) is 0 Å². The fourth-order valence-electron chi connectivity index (χ4n) is 1.93. The van der Waals surface area contributed by atoms with Crippen LogP contribution in [0.5, 0.6) is 11.5 Å². The lowest BCUT2D eigenvalue weighted by molar-refractivity contribution is -0.133. The summed E-state index contributed by atoms with van der Waals surface area (Å²) in [5.74, 6) is 0.783. The Morgan fingerprint density at radius 3 is 2.43 bits per heavy atom. The summed E-state index contributed by atoms with van der Waals surface area (Å²) in [5, 5.41) is 2.62. The van der Waals surface area contributed by atoms with E-state index in [0.29, 0.717) is 11.5 Å². The third-order valence-corrected chi connectivity index (χ3v) is 3.62. The van der Waals surface area contributed by atoms with E-state index in [4.69, 9.17) is 9.47 Å². The summed E-state index contributed by atoms with van der Waals surface area (Å²) in [5.41, 5.74) is 0. The highest BCUT2D eigenvalue weighted by Gasteiger charge is 2.33. The van der Waals surface area contributed by atoms with Gasteiger partial charge in [-0.15, -0.1) is 0 Å². The van der Waals surface area contributed by atoms with Gasteiger partial charge in [0.25, 0.3) is 5.91 Å². The van der Waals surface area contributed by atoms with Crippen molar-refractivity contribution < 1.29 is 22.7 Å². The van der Waals surface area contributed by atoms with Crippen LogP contribution >= 0.6 is 0 Å². The van der Waals surface area contributed by atoms with Crippen LogP contribution in [0.15, 0.2) is 24.3 Å². The summed E-state index contributed by atoms with van der Waals surface area (Å²) in [6, 6.07) is 7.12. The number of hydrogen-bond acceptors (Lipinski definition) is 5. The van der Waals surface area contributed by atoms with Gasteiger partial charge in [-0.25, -0.2) is 13.1 Å². The zero-order valence-electron chi connectivity index (χ0n) is 11.8. The maximum atomic E-state index is 12.0. The number of carbonyl (C=O) groups is 1. The number of ether oxygens (including phenoxy) is 2. The minimum absolute atomic E-state index is 0.128. The Kier molecular flexibility index (Phi) is 4.69. The molecule has 2 rings (SSSR count). The molecule has 0 fully saturated rings. The molecule has 2 unspecified atom stereocenters. The summed E-state index contributed by atoms with van der Waals surface area (Å²) in [6.07, 6.45) is -0.132. The first kappa shape index (κ1) is 15.6. The minimum atomic E-state index is -3.25. The largest absolute Gasteiger partial charge is 0.482 e. The van der Waals surface area contributed by atoms with Crippen LogP contribution in [0.2, 0.25) is 0 Å². The lowest BCUT2D eigenvalue weighted by Gasteiger charge is -2.31. The predicted molar refractivity (Wildman–Crippen MR) is 76.8 cm³/mol. The number of benzene rings is 1. The molecule has 1 heterocycles. The van der Waals surface area contributed by atoms with Crippen LogP contribution in [0.25, 0.3) is 0 Å². The fourth-order valence-corrected chi connectivity index (χ4v) is 2.40. The number of nitrogens with one attached hydrogen (secondary N) is 2. The van der Waals surface area contributed by atoms with Gasteiger partial charge in [-0.05, 0) is 19.1 Å². The number of fused-ring (bicyclic) bond motifs is 1. The van der Waals surface area contributed by atoms with Gasteiger partial charge >= 0.3 is 0 Å². The van der Waals surface area contributed by atoms with Crippen molar-refractivity contribution in [3.05, 3.63) is 24.3 Å². The molecular formula is C13H18N2O5S. The van der Waals surface area contributed by atoms with E-state index in [1.54, 1.807) is 25.1 Å². The van der Waals surface area contributed by atoms with E-state index in [2.05, 4.69) is 10.0 Å². The Labute approximate surface area is 123 Å². The van der Waals surface area contributed by atoms with Gasteiger partial charge in [0.1, 0.15) is 6.10 Å². The van der Waals surface area contributed by atoms with Crippen LogP contribution in [0.4, 0.5) is 0 Å². The first-order chi connectivity index (χ1) is 9.87. The zero-order valence-corrected chi connectivity index (χ0v) is 12.6. The zero-order chi connectivity index (χ0) is 15.5. The third-order valence-electron chi connectivity index (χ3n) is 2.89. The van der Waals surface area contributed by atoms with Crippen molar-refractivity contribution in [1.82, 2.24) is 10.0 Å². The van der Waals surface area contributed by atoms with Crippen molar-refractivity contribution in [2.24, 2.45) is 0 Å². The number of carbonyl (C=O) groups excluding carboxylic acids is 1. The number of rotatable bonds is 5. The molecular weight excluding hydrogens is 296 g/mol. The molecule has 1 aromatic rings. The summed E-state index contributed by atoms with van der Waals surface area (Å²) in [4.78, 5) is 12.0. The predicted octanol–water partition coefficient (Wildman–Crippen LogP) is -0.120. The number of hydrogen-bond donors (Lipinski definition) is 2. The van der Waals surface area contributed by atoms with Crippen molar-refractivity contribution in [3.8, 4) is 11.5 Å². The molecule has 116 valence electrons. The first-order valence-corrected chi connectivity index (χ1v) is 8.40. The summed E-state index contributed by atoms with van der Waals surface area (Å²) in [7, 11) is -3.25. The van der Waals surface area contributed by atoms with E-state index in [1.165, 1.54) is 0 Å². The molecule has 1 aliphatic rings. The minimum Gasteiger partial charge on any atom is -0.482 e. The van der Waals surface area contributed by atoms with E-state index in [-0.39, 0.29) is 19.0 Å². The van der Waals surface area contributed by atoms with Crippen molar-refractivity contribution in [1.29, 1.82) is 0 Å². The van der Waals surface area contributed by atoms with E-state index in [0.717, 1.165) is 6.26 Å². The van der Waals surface area contributed by atoms with Crippen LogP contribution in [0, 0.1) is 0 Å². The Morgan fingerprint density at radius 1 is 1.19 bits per heavy atom. The van der Waals surface area contributed by atoms with Gasteiger partial charge in [0.05, 0.1) is 6.26 Å². The molecule has 0 bridgehead atoms. The molecule has 0 radical (unpaired) electrons. The molecule has 7 nitrogen and oxygen atoms in total. The molecule has 0 saturated carbocycles. The van der Waals surface area contributed by atoms with Gasteiger partial charge in [-0.3, -0.25) is 4.79 Å². The normalized spacial score (nSPS) is 20.9. The average Bonchev–Trinajstić information content (AvgIpc) is 2.41. The van der Waals surface area contributed by atoms with Crippen molar-refractivity contribution in [2.45, 2.75) is 19.1 Å². The van der Waals surface area contributed by atoms with Gasteiger partial charge in [0, 0.05) is 13.1 Å². The average molecular weight is 314 g/mol. The highest BCUT2D eigenvalue weighted by molar-refractivity contribution is 7.88. The number of sulfonamides is 1. The molecule has 0 saturated heterocycles. The Hall–Kier alpha value is -1.80. The lowest BCUT2D eigenvalue weighted by atomic mass is 10.1. The molecule has 2 atom stereocenters. The maximum Gasteiger partial charge on any atom is 0.265 e. The lowest BCUT2D eigenvalue weighted by Crippen LogP contribution is -2.50. The highest BCUT2D eigenvalue weighted by Crippen LogP contribution is 2.33. The van der Waals surface area contributed by atoms with Crippen LogP contribution in [-0.2, 0) is 14.8 Å². The molecule has 1 aromatic carbocycles. The topological polar surface area (TPSA) is 93.7 Å². The second-order valence-corrected chi connectivity index (χ2v) is 6.60. The molecule has 21 heavy (non-hydrogen) atoms. The monoisotopic (exact) mass is 314 g/mol. The maximum absolute atomic E-state index is 12.0. The van der Waals surface area contributed by atoms with Crippen molar-refractivity contribution in [3.63, 3.8) is 0 Å². The Bertz CT molecular complexity index is 617. The fraction of sp³-hybridized carbons (Fsp3) is 0.462. The number of amides is 1. The smallest absolute Gasteiger partial charge is 0.265 e. The van der Waals surface area contributed by atoms with Gasteiger partial charge in [-0.1, -0.05) is 12.1 Å². The molecule has 0 aliphatic carbocycles. The first-order valence-electron chi connectivity index (χ1n) is 6.51. The second kappa shape index (κ2) is 6.31. The van der Waals surface area contributed by atoms with Crippen LogP contribution < -0.4 is 19.5 Å². The molecule has 0 aromatic heterocycles. The van der Waals surface area contributed by atoms with E-state index >= 15 is 0 Å². The highest BCUT2D eigenvalue weighted by atomic mass is 32.2. The van der Waals surface area contributed by atoms with E-state index in [1.807, 2.05) is 6.07 Å². The molecule has 2 N–H and O–H groups in total. The molecule has 8 heteroatoms. The van der Waals surface area contributed by atoms with Gasteiger partial charge in [-0.2, -0.15) is 0 Å². The Balaban J connectivity index is 1.88. The molecule has 0 spiro atoms. The molecule has 1 aliphatic heterocycles. The van der Waals surface area contributed by atoms with E-state index in [9.17, 15) is 13.2 Å². The SMILES string of the molecule is CC1Oc2ccccc2OC1C(=O)NCCNS(C)(=O)=O. The summed E-state index contributed by atoms with van der Waals surface area (Å²) < 4.78 is 35.3. The van der Waals surface area contributed by atoms with Crippen molar-refractivity contribution in [2.75, 3.05) is 19.3 Å². The summed E-state index contributed by atoms with van der Waals surface area (Å²) >= 11 is 0. The third kappa shape index (κ3) is 4.33. The van der Waals surface area contributed by atoms with Gasteiger partial charge in [0.2, 0.25) is 16.1 Å². The van der Waals surface area contributed by atoms with Crippen molar-refractivity contribution >= 4 is 15.9 Å². The second-order valence-electron chi connectivity index (χ2n) is 4.77. The van der Waals surface area contributed by atoms with E-state index < -0.39 is 22.2 Å². The Morgan fingerprint density at radius 2 is 1.81 bits per heavy atom. The van der Waals surface area contributed by atoms with Crippen LogP contribution in [-0.4, -0.2) is 45.9 Å². The van der Waals surface area contributed by atoms with Gasteiger partial charge in [0.15, 0.2) is 11.5 Å². The summed E-state index contributed by atoms with van der Waals surface area (Å²) in [6.45, 7) is 2.05. The van der Waals surface area contributed by atoms with Crippen LogP contribution in [0.1, 0.15) is 6.92 Å². The van der Waals surface area contributed by atoms with Gasteiger partial charge < -0.3 is 14.8 Å². The molecule has 1 amide bonds.